The Hall–Kier alpha value is -2.30. The largest absolute Gasteiger partial charge is 0.352 e. The lowest BCUT2D eigenvalue weighted by atomic mass is 9.56. The van der Waals surface area contributed by atoms with E-state index < -0.39 is 0 Å². The fourth-order valence-corrected chi connectivity index (χ4v) is 8.44. The SMILES string of the molecule is O=c1n(-c2ccccc2)c(=O)n2n1[C@@H]1C=C[C@H]2[C@H]2C[C@H]3CC4[C@H]5C(C[C@@H](C3)[C@@H]21)[C@H]45. The van der Waals surface area contributed by atoms with E-state index in [1.165, 1.54) is 30.3 Å². The van der Waals surface area contributed by atoms with Crippen molar-refractivity contribution >= 4 is 0 Å². The minimum atomic E-state index is -0.169. The molecule has 0 unspecified atom stereocenters. The first-order valence-corrected chi connectivity index (χ1v) is 11.4. The lowest BCUT2D eigenvalue weighted by molar-refractivity contribution is -0.0248. The number of para-hydroxylation sites is 1. The zero-order valence-electron chi connectivity index (χ0n) is 16.3. The average molecular weight is 387 g/mol. The predicted molar refractivity (Wildman–Crippen MR) is 108 cm³/mol. The molecule has 0 N–H and O–H groups in total. The number of hydrogen-bond donors (Lipinski definition) is 0. The summed E-state index contributed by atoms with van der Waals surface area (Å²) in [4.78, 5) is 26.8. The van der Waals surface area contributed by atoms with Crippen molar-refractivity contribution in [1.82, 2.24) is 13.9 Å². The molecule has 0 saturated heterocycles. The normalized spacial score (nSPS) is 46.9. The summed E-state index contributed by atoms with van der Waals surface area (Å²) in [6.45, 7) is 0. The van der Waals surface area contributed by atoms with Gasteiger partial charge in [-0.1, -0.05) is 30.4 Å². The molecule has 10 rings (SSSR count). The molecule has 0 spiro atoms. The Bertz CT molecular complexity index is 1170. The maximum absolute atomic E-state index is 13.4. The van der Waals surface area contributed by atoms with Gasteiger partial charge in [-0.15, -0.1) is 0 Å². The van der Waals surface area contributed by atoms with E-state index in [1.54, 1.807) is 4.68 Å². The Morgan fingerprint density at radius 3 is 2.14 bits per heavy atom. The van der Waals surface area contributed by atoms with Crippen molar-refractivity contribution < 1.29 is 0 Å². The van der Waals surface area contributed by atoms with Gasteiger partial charge in [-0.2, -0.15) is 0 Å². The molecule has 6 aliphatic carbocycles. The number of benzene rings is 1. The standard InChI is InChI=1S/C24H25N3O2/c28-23-25(14-4-2-1-3-5-14)24(29)27-19-7-6-18(26(23)27)15-9-12-8-13(20(15)19)11-17-21-16(10-12)22(17)21/h1-7,12-13,15-22H,8-11H2/t12-,13+,15+,16?,17?,18-,19+,20-,21-,22-/m0/s1. The van der Waals surface area contributed by atoms with Crippen LogP contribution in [0.4, 0.5) is 0 Å². The summed E-state index contributed by atoms with van der Waals surface area (Å²) < 4.78 is 5.00. The summed E-state index contributed by atoms with van der Waals surface area (Å²) in [6.07, 6.45) is 9.88. The zero-order chi connectivity index (χ0) is 19.0. The Labute approximate surface area is 168 Å². The Balaban J connectivity index is 1.29. The first kappa shape index (κ1) is 15.5. The highest BCUT2D eigenvalue weighted by Gasteiger charge is 2.74. The second-order valence-electron chi connectivity index (χ2n) is 10.6. The summed E-state index contributed by atoms with van der Waals surface area (Å²) in [5, 5.41) is 0. The van der Waals surface area contributed by atoms with Gasteiger partial charge in [0.15, 0.2) is 0 Å². The minimum Gasteiger partial charge on any atom is -0.245 e. The van der Waals surface area contributed by atoms with E-state index in [2.05, 4.69) is 12.2 Å². The van der Waals surface area contributed by atoms with Crippen molar-refractivity contribution in [2.75, 3.05) is 0 Å². The molecule has 2 aromatic rings. The highest BCUT2D eigenvalue weighted by Crippen LogP contribution is 2.79. The van der Waals surface area contributed by atoms with E-state index >= 15 is 0 Å². The molecule has 8 aliphatic rings. The van der Waals surface area contributed by atoms with Gasteiger partial charge in [0.25, 0.3) is 0 Å². The maximum atomic E-state index is 13.4. The molecule has 0 radical (unpaired) electrons. The zero-order valence-corrected chi connectivity index (χ0v) is 16.3. The maximum Gasteiger partial charge on any atom is 0.352 e. The van der Waals surface area contributed by atoms with Crippen LogP contribution in [0.15, 0.2) is 52.1 Å². The summed E-state index contributed by atoms with van der Waals surface area (Å²) in [5.41, 5.74) is 0.342. The van der Waals surface area contributed by atoms with Crippen molar-refractivity contribution in [3.05, 3.63) is 63.5 Å². The molecule has 29 heavy (non-hydrogen) atoms. The fourth-order valence-electron chi connectivity index (χ4n) is 8.44. The molecule has 2 aliphatic heterocycles. The van der Waals surface area contributed by atoms with Crippen LogP contribution in [0.2, 0.25) is 0 Å². The Morgan fingerprint density at radius 2 is 1.34 bits per heavy atom. The van der Waals surface area contributed by atoms with E-state index in [0.29, 0.717) is 17.5 Å². The number of nitrogens with zero attached hydrogens (tertiary/aromatic N) is 3. The van der Waals surface area contributed by atoms with E-state index in [9.17, 15) is 9.59 Å². The highest BCUT2D eigenvalue weighted by atomic mass is 16.2. The van der Waals surface area contributed by atoms with Gasteiger partial charge in [0.1, 0.15) is 0 Å². The van der Waals surface area contributed by atoms with Gasteiger partial charge in [-0.25, -0.2) is 23.5 Å². The Morgan fingerprint density at radius 1 is 0.690 bits per heavy atom. The second kappa shape index (κ2) is 4.88. The van der Waals surface area contributed by atoms with Crippen molar-refractivity contribution in [3.8, 4) is 5.69 Å². The van der Waals surface area contributed by atoms with Crippen LogP contribution in [0.3, 0.4) is 0 Å². The van der Waals surface area contributed by atoms with Crippen LogP contribution in [0.5, 0.6) is 0 Å². The minimum absolute atomic E-state index is 0.0450. The molecule has 5 fully saturated rings. The third-order valence-corrected chi connectivity index (χ3v) is 9.53. The lowest BCUT2D eigenvalue weighted by Crippen LogP contribution is -2.54. The molecule has 6 bridgehead atoms. The summed E-state index contributed by atoms with van der Waals surface area (Å²) in [5.74, 6) is 6.76. The number of rotatable bonds is 1. The molecular weight excluding hydrogens is 362 g/mol. The molecule has 1 aromatic carbocycles. The van der Waals surface area contributed by atoms with Crippen LogP contribution in [-0.4, -0.2) is 13.9 Å². The molecule has 5 saturated carbocycles. The van der Waals surface area contributed by atoms with Crippen LogP contribution >= 0.6 is 0 Å². The van der Waals surface area contributed by atoms with Gasteiger partial charge in [0, 0.05) is 0 Å². The lowest BCUT2D eigenvalue weighted by Gasteiger charge is -2.54. The molecule has 3 heterocycles. The van der Waals surface area contributed by atoms with E-state index in [0.717, 1.165) is 35.5 Å². The molecule has 5 heteroatoms. The molecular formula is C24H25N3O2. The van der Waals surface area contributed by atoms with Crippen molar-refractivity contribution in [2.24, 2.45) is 47.3 Å². The summed E-state index contributed by atoms with van der Waals surface area (Å²) >= 11 is 0. The van der Waals surface area contributed by atoms with Crippen LogP contribution < -0.4 is 11.4 Å². The molecule has 0 amide bonds. The molecule has 1 aromatic heterocycles. The summed E-state index contributed by atoms with van der Waals surface area (Å²) in [7, 11) is 0. The first-order valence-electron chi connectivity index (χ1n) is 11.4. The van der Waals surface area contributed by atoms with E-state index in [-0.39, 0.29) is 23.5 Å². The van der Waals surface area contributed by atoms with Gasteiger partial charge in [0.05, 0.1) is 17.8 Å². The van der Waals surface area contributed by atoms with Gasteiger partial charge in [0.2, 0.25) is 0 Å². The third kappa shape index (κ3) is 1.75. The highest BCUT2D eigenvalue weighted by molar-refractivity contribution is 5.31. The van der Waals surface area contributed by atoms with Gasteiger partial charge in [-0.05, 0) is 85.2 Å². The van der Waals surface area contributed by atoms with Crippen molar-refractivity contribution in [3.63, 3.8) is 0 Å². The first-order chi connectivity index (χ1) is 14.2. The third-order valence-electron chi connectivity index (χ3n) is 9.53. The quantitative estimate of drug-likeness (QED) is 0.707. The van der Waals surface area contributed by atoms with Gasteiger partial charge in [-0.3, -0.25) is 0 Å². The number of aromatic nitrogens is 3. The second-order valence-corrected chi connectivity index (χ2v) is 10.6. The van der Waals surface area contributed by atoms with Crippen LogP contribution in [0, 0.1) is 47.3 Å². The molecule has 5 nitrogen and oxygen atoms in total. The predicted octanol–water partition coefficient (Wildman–Crippen LogP) is 3.01. The Kier molecular flexibility index (Phi) is 2.61. The number of allylic oxidation sites excluding steroid dienone is 2. The van der Waals surface area contributed by atoms with E-state index in [4.69, 9.17) is 0 Å². The number of hydrogen-bond acceptors (Lipinski definition) is 2. The topological polar surface area (TPSA) is 48.9 Å². The monoisotopic (exact) mass is 387 g/mol. The van der Waals surface area contributed by atoms with Crippen LogP contribution in [0.25, 0.3) is 5.69 Å². The van der Waals surface area contributed by atoms with Crippen molar-refractivity contribution in [2.45, 2.75) is 37.8 Å². The van der Waals surface area contributed by atoms with Crippen LogP contribution in [-0.2, 0) is 0 Å². The summed E-state index contributed by atoms with van der Waals surface area (Å²) in [6, 6.07) is 9.50. The van der Waals surface area contributed by atoms with Crippen LogP contribution in [0.1, 0.15) is 37.8 Å². The van der Waals surface area contributed by atoms with Gasteiger partial charge < -0.3 is 0 Å². The molecule has 8 atom stereocenters. The van der Waals surface area contributed by atoms with E-state index in [1.807, 2.05) is 35.0 Å². The smallest absolute Gasteiger partial charge is 0.245 e. The van der Waals surface area contributed by atoms with Gasteiger partial charge >= 0.3 is 11.4 Å². The fraction of sp³-hybridized carbons (Fsp3) is 0.583. The molecule has 148 valence electrons. The average Bonchev–Trinajstić information content (AvgIpc) is 3.61. The van der Waals surface area contributed by atoms with Crippen molar-refractivity contribution in [1.29, 1.82) is 0 Å².